The molecule has 19 nitrogen and oxygen atoms in total. The SMILES string of the molecule is COC(=O)N[C@@H]1[C@H](C)O[C@@H](OC2CC=C(C)[C@H]3C=C[C@H]4[C@H](O[C@@H]5C[C@@H](O[C@@H]6C[C@@H](O)[C@@H](O)[C@H](C)O6)[C@@H](O)[C@H](C)O5)[C@H](C)C[C@@H](C)[C@@H]4[C@@]3(C)C(O)=C3C(=O)OC4(C[C@H](C)C(C)=C[C@H]4C=C2C)C3=O)C[C@@]1(C)[N+](=O)[O-]. The highest BCUT2D eigenvalue weighted by molar-refractivity contribution is 6.26. The number of ether oxygens (including phenoxy) is 8. The fourth-order valence-corrected chi connectivity index (χ4v) is 13.9. The van der Waals surface area contributed by atoms with Crippen LogP contribution in [0.3, 0.4) is 0 Å². The van der Waals surface area contributed by atoms with E-state index >= 15 is 4.79 Å². The number of esters is 1. The predicted octanol–water partition coefficient (Wildman–Crippen LogP) is 6.07. The van der Waals surface area contributed by atoms with E-state index < -0.39 is 137 Å². The largest absolute Gasteiger partial charge is 0.511 e. The summed E-state index contributed by atoms with van der Waals surface area (Å²) in [5.41, 5.74) is -2.59. The summed E-state index contributed by atoms with van der Waals surface area (Å²) in [5.74, 6) is -4.22. The number of alkyl carbamates (subject to hydrolysis) is 1. The van der Waals surface area contributed by atoms with Gasteiger partial charge in [-0.15, -0.1) is 0 Å². The first-order chi connectivity index (χ1) is 34.2. The minimum atomic E-state index is -1.71. The van der Waals surface area contributed by atoms with E-state index in [1.807, 2.05) is 58.9 Å². The number of aliphatic hydroxyl groups excluding tert-OH is 4. The number of rotatable bonds is 8. The lowest BCUT2D eigenvalue weighted by molar-refractivity contribution is -0.584. The van der Waals surface area contributed by atoms with Gasteiger partial charge in [-0.3, -0.25) is 14.9 Å². The molecule has 1 spiro atoms. The molecule has 0 radical (unpaired) electrons. The molecule has 5 N–H and O–H groups in total. The van der Waals surface area contributed by atoms with Crippen molar-refractivity contribution in [2.24, 2.45) is 46.8 Å². The molecule has 4 heterocycles. The molecule has 4 aliphatic heterocycles. The molecule has 1 saturated carbocycles. The van der Waals surface area contributed by atoms with Gasteiger partial charge < -0.3 is 63.6 Å². The quantitative estimate of drug-likeness (QED) is 0.0608. The average Bonchev–Trinajstić information content (AvgIpc) is 3.56. The molecule has 4 aliphatic carbocycles. The van der Waals surface area contributed by atoms with Crippen LogP contribution in [0.4, 0.5) is 4.79 Å². The molecular weight excluding hydrogens is 949 g/mol. The number of amides is 1. The lowest BCUT2D eigenvalue weighted by Crippen LogP contribution is -2.65. The summed E-state index contributed by atoms with van der Waals surface area (Å²) in [6.45, 7) is 20.3. The molecule has 4 saturated heterocycles. The standard InChI is InChI=1S/C54H78N2O17/c1-24-13-16-37(70-41-23-52(10,56(64)65)47(32(9)69-41)55-51(63)66-12)26(3)19-33-18-25(2)29(6)22-54(33)49(61)42(50(62)73-54)48(60)53(11)35(24)15-14-34-43(53)27(4)17-28(5)46(34)72-40-21-38(45(59)31(8)68-40)71-39-20-36(57)44(58)30(7)67-39/h13-15,18-19,27-41,43-47,57-60H,16-17,20-23H2,1-12H3,(H,55,63)/t27-,28-,29+,30+,31+,32+,33+,34-,35-,36-,37?,38-,39-,40-,41+,43+,44+,45+,46-,47-,52-,53+,54?/m1/s1. The van der Waals surface area contributed by atoms with Crippen molar-refractivity contribution in [3.63, 3.8) is 0 Å². The zero-order valence-electron chi connectivity index (χ0n) is 44.2. The van der Waals surface area contributed by atoms with Gasteiger partial charge in [-0.1, -0.05) is 69.2 Å². The highest BCUT2D eigenvalue weighted by atomic mass is 16.7. The van der Waals surface area contributed by atoms with Gasteiger partial charge in [0, 0.05) is 54.3 Å². The van der Waals surface area contributed by atoms with Gasteiger partial charge in [0.2, 0.25) is 11.3 Å². The zero-order chi connectivity index (χ0) is 53.4. The molecule has 73 heavy (non-hydrogen) atoms. The summed E-state index contributed by atoms with van der Waals surface area (Å²) in [4.78, 5) is 54.7. The van der Waals surface area contributed by atoms with Gasteiger partial charge in [0.1, 0.15) is 29.6 Å². The minimum absolute atomic E-state index is 0.0148. The Kier molecular flexibility index (Phi) is 15.7. The Morgan fingerprint density at radius 3 is 2.11 bits per heavy atom. The number of carbonyl (C=O) groups is 3. The number of fused-ring (bicyclic) bond motifs is 4. The van der Waals surface area contributed by atoms with Crippen LogP contribution in [-0.2, 0) is 47.5 Å². The van der Waals surface area contributed by atoms with Gasteiger partial charge in [0.05, 0.1) is 56.3 Å². The van der Waals surface area contributed by atoms with E-state index in [1.165, 1.54) is 14.0 Å². The number of nitrogens with one attached hydrogen (secondary N) is 1. The van der Waals surface area contributed by atoms with Crippen LogP contribution in [0.5, 0.6) is 0 Å². The Balaban J connectivity index is 1.17. The molecule has 0 aromatic heterocycles. The number of aliphatic hydroxyl groups is 4. The molecule has 2 unspecified atom stereocenters. The number of methoxy groups -OCH3 is 1. The number of hydrogen-bond donors (Lipinski definition) is 5. The molecular formula is C54H78N2O17. The molecule has 406 valence electrons. The Morgan fingerprint density at radius 1 is 0.808 bits per heavy atom. The smallest absolute Gasteiger partial charge is 0.407 e. The van der Waals surface area contributed by atoms with E-state index in [0.29, 0.717) is 12.0 Å². The highest BCUT2D eigenvalue weighted by Crippen LogP contribution is 2.61. The van der Waals surface area contributed by atoms with Gasteiger partial charge in [-0.05, 0) is 83.6 Å². The third-order valence-electron chi connectivity index (χ3n) is 18.1. The van der Waals surface area contributed by atoms with Crippen LogP contribution >= 0.6 is 0 Å². The maximum atomic E-state index is 15.4. The molecule has 1 amide bonds. The second-order valence-corrected chi connectivity index (χ2v) is 23.1. The number of hydrogen-bond acceptors (Lipinski definition) is 17. The monoisotopic (exact) mass is 1030 g/mol. The Morgan fingerprint density at radius 2 is 1.45 bits per heavy atom. The number of allylic oxidation sites excluding steroid dienone is 4. The highest BCUT2D eigenvalue weighted by Gasteiger charge is 2.64. The van der Waals surface area contributed by atoms with Gasteiger partial charge in [0.25, 0.3) is 0 Å². The number of carbonyl (C=O) groups excluding carboxylic acids is 3. The molecule has 8 aliphatic rings. The summed E-state index contributed by atoms with van der Waals surface area (Å²) >= 11 is 0. The van der Waals surface area contributed by atoms with Crippen molar-refractivity contribution >= 4 is 17.8 Å². The van der Waals surface area contributed by atoms with Crippen LogP contribution in [0, 0.1) is 57.0 Å². The normalized spacial score (nSPS) is 47.2. The Labute approximate surface area is 427 Å². The van der Waals surface area contributed by atoms with Crippen LogP contribution in [0.1, 0.15) is 115 Å². The van der Waals surface area contributed by atoms with E-state index in [-0.39, 0.29) is 67.1 Å². The predicted molar refractivity (Wildman–Crippen MR) is 262 cm³/mol. The van der Waals surface area contributed by atoms with E-state index in [2.05, 4.69) is 25.2 Å². The molecule has 19 heteroatoms. The fraction of sp³-hybridized carbons (Fsp3) is 0.759. The maximum absolute atomic E-state index is 15.4. The fourth-order valence-electron chi connectivity index (χ4n) is 13.9. The summed E-state index contributed by atoms with van der Waals surface area (Å²) in [7, 11) is 1.18. The number of Topliss-reactive ketones (excluding diaryl/α,β-unsaturated/α-hetero) is 1. The first-order valence-corrected chi connectivity index (χ1v) is 26.1. The Hall–Kier alpha value is -4.05. The van der Waals surface area contributed by atoms with E-state index in [0.717, 1.165) is 11.1 Å². The van der Waals surface area contributed by atoms with Crippen LogP contribution in [0.15, 0.2) is 58.4 Å². The van der Waals surface area contributed by atoms with Gasteiger partial charge in [-0.25, -0.2) is 9.59 Å². The van der Waals surface area contributed by atoms with Crippen LogP contribution < -0.4 is 5.32 Å². The topological polar surface area (TPSA) is 261 Å². The van der Waals surface area contributed by atoms with E-state index in [9.17, 15) is 40.1 Å². The molecule has 5 fully saturated rings. The number of nitro groups is 1. The number of nitrogens with zero attached hydrogens (tertiary/aromatic N) is 1. The maximum Gasteiger partial charge on any atom is 0.407 e. The van der Waals surface area contributed by atoms with Crippen LogP contribution in [-0.4, -0.2) is 141 Å². The minimum Gasteiger partial charge on any atom is -0.511 e. The van der Waals surface area contributed by atoms with Crippen molar-refractivity contribution in [3.05, 3.63) is 68.5 Å². The molecule has 8 rings (SSSR count). The number of ketones is 1. The van der Waals surface area contributed by atoms with Crippen molar-refractivity contribution in [2.45, 2.75) is 206 Å². The zero-order valence-corrected chi connectivity index (χ0v) is 44.2. The third-order valence-corrected chi connectivity index (χ3v) is 18.1. The van der Waals surface area contributed by atoms with Crippen LogP contribution in [0.25, 0.3) is 0 Å². The average molecular weight is 1030 g/mol. The first-order valence-electron chi connectivity index (χ1n) is 26.1. The van der Waals surface area contributed by atoms with Gasteiger partial charge in [0.15, 0.2) is 24.5 Å². The van der Waals surface area contributed by atoms with Gasteiger partial charge in [-0.2, -0.15) is 0 Å². The summed E-state index contributed by atoms with van der Waals surface area (Å²) in [6, 6.07) is -1.05. The summed E-state index contributed by atoms with van der Waals surface area (Å²) in [5, 5.41) is 60.5. The molecule has 0 aromatic carbocycles. The van der Waals surface area contributed by atoms with Crippen LogP contribution in [0.2, 0.25) is 0 Å². The first kappa shape index (κ1) is 55.2. The van der Waals surface area contributed by atoms with Crippen molar-refractivity contribution in [3.8, 4) is 0 Å². The molecule has 23 atom stereocenters. The van der Waals surface area contributed by atoms with Crippen molar-refractivity contribution < 1.29 is 77.6 Å². The van der Waals surface area contributed by atoms with Crippen molar-refractivity contribution in [2.75, 3.05) is 7.11 Å². The van der Waals surface area contributed by atoms with Crippen molar-refractivity contribution in [1.29, 1.82) is 0 Å². The molecule has 2 bridgehead atoms. The Bertz CT molecular complexity index is 2300. The van der Waals surface area contributed by atoms with E-state index in [1.54, 1.807) is 20.8 Å². The van der Waals surface area contributed by atoms with Gasteiger partial charge >= 0.3 is 12.1 Å². The summed E-state index contributed by atoms with van der Waals surface area (Å²) < 4.78 is 49.6. The van der Waals surface area contributed by atoms with E-state index in [4.69, 9.17) is 37.9 Å². The van der Waals surface area contributed by atoms with Crippen molar-refractivity contribution in [1.82, 2.24) is 5.32 Å². The second-order valence-electron chi connectivity index (χ2n) is 23.1. The summed E-state index contributed by atoms with van der Waals surface area (Å²) in [6.07, 6.45) is -0.223. The second kappa shape index (κ2) is 20.8. The lowest BCUT2D eigenvalue weighted by atomic mass is 9.49. The third kappa shape index (κ3) is 9.88. The lowest BCUT2D eigenvalue weighted by Gasteiger charge is -2.56. The molecule has 0 aromatic rings.